The Morgan fingerprint density at radius 1 is 1.06 bits per heavy atom. The second-order valence-electron chi connectivity index (χ2n) is 3.78. The van der Waals surface area contributed by atoms with Crippen LogP contribution in [0.5, 0.6) is 0 Å². The standard InChI is InChI=1S/C11H10ClNO4S/c12-6-3-7-18(16,17)13-10(14)8-4-1-2-5-9(8)11(13)15/h1-2,4-5H,3,6-7H2. The molecular formula is C11H10ClNO4S. The summed E-state index contributed by atoms with van der Waals surface area (Å²) in [6.07, 6.45) is 0.192. The molecule has 0 N–H and O–H groups in total. The fourth-order valence-corrected chi connectivity index (χ4v) is 3.43. The molecule has 0 radical (unpaired) electrons. The first-order chi connectivity index (χ1) is 8.49. The summed E-state index contributed by atoms with van der Waals surface area (Å²) in [5.41, 5.74) is 0.244. The highest BCUT2D eigenvalue weighted by Crippen LogP contribution is 2.25. The molecule has 2 amide bonds. The second-order valence-corrected chi connectivity index (χ2v) is 6.09. The largest absolute Gasteiger partial charge is 0.275 e. The van der Waals surface area contributed by atoms with Gasteiger partial charge in [-0.05, 0) is 18.6 Å². The van der Waals surface area contributed by atoms with Crippen LogP contribution in [-0.2, 0) is 10.0 Å². The quantitative estimate of drug-likeness (QED) is 0.617. The highest BCUT2D eigenvalue weighted by atomic mass is 35.5. The normalized spacial score (nSPS) is 15.1. The van der Waals surface area contributed by atoms with Crippen molar-refractivity contribution in [2.24, 2.45) is 0 Å². The Hall–Kier alpha value is -1.40. The number of nitrogens with zero attached hydrogens (tertiary/aromatic N) is 1. The van der Waals surface area contributed by atoms with Crippen LogP contribution in [0.2, 0.25) is 0 Å². The number of carbonyl (C=O) groups is 2. The molecule has 7 heteroatoms. The van der Waals surface area contributed by atoms with E-state index in [0.29, 0.717) is 4.31 Å². The van der Waals surface area contributed by atoms with Gasteiger partial charge in [0.15, 0.2) is 0 Å². The predicted molar refractivity (Wildman–Crippen MR) is 66.1 cm³/mol. The molecule has 0 unspecified atom stereocenters. The number of rotatable bonds is 4. The van der Waals surface area contributed by atoms with Gasteiger partial charge >= 0.3 is 0 Å². The third-order valence-corrected chi connectivity index (χ3v) is 4.53. The second kappa shape index (κ2) is 4.70. The molecule has 0 aromatic heterocycles. The van der Waals surface area contributed by atoms with Crippen molar-refractivity contribution in [1.29, 1.82) is 0 Å². The molecule has 18 heavy (non-hydrogen) atoms. The minimum Gasteiger partial charge on any atom is -0.267 e. The van der Waals surface area contributed by atoms with Gasteiger partial charge in [-0.3, -0.25) is 9.59 Å². The number of imide groups is 1. The summed E-state index contributed by atoms with van der Waals surface area (Å²) < 4.78 is 24.2. The van der Waals surface area contributed by atoms with E-state index < -0.39 is 21.8 Å². The lowest BCUT2D eigenvalue weighted by molar-refractivity contribution is 0.0765. The van der Waals surface area contributed by atoms with Crippen LogP contribution in [0.4, 0.5) is 0 Å². The van der Waals surface area contributed by atoms with Crippen LogP contribution in [0.25, 0.3) is 0 Å². The van der Waals surface area contributed by atoms with Crippen LogP contribution in [0.15, 0.2) is 24.3 Å². The lowest BCUT2D eigenvalue weighted by Crippen LogP contribution is -2.37. The molecule has 1 aromatic rings. The Kier molecular flexibility index (Phi) is 3.41. The van der Waals surface area contributed by atoms with Gasteiger partial charge < -0.3 is 0 Å². The third kappa shape index (κ3) is 2.02. The highest BCUT2D eigenvalue weighted by molar-refractivity contribution is 7.90. The third-order valence-electron chi connectivity index (χ3n) is 2.57. The van der Waals surface area contributed by atoms with E-state index >= 15 is 0 Å². The van der Waals surface area contributed by atoms with Crippen molar-refractivity contribution in [1.82, 2.24) is 4.31 Å². The summed E-state index contributed by atoms with van der Waals surface area (Å²) in [5.74, 6) is -1.74. The SMILES string of the molecule is O=C1c2ccccc2C(=O)N1S(=O)(=O)CCCCl. The van der Waals surface area contributed by atoms with Gasteiger partial charge in [0.05, 0.1) is 16.9 Å². The monoisotopic (exact) mass is 287 g/mol. The van der Waals surface area contributed by atoms with Crippen LogP contribution < -0.4 is 0 Å². The molecule has 0 bridgehead atoms. The van der Waals surface area contributed by atoms with Crippen LogP contribution in [0.1, 0.15) is 27.1 Å². The number of benzene rings is 1. The van der Waals surface area contributed by atoms with Gasteiger partial charge in [0.1, 0.15) is 0 Å². The smallest absolute Gasteiger partial charge is 0.267 e. The predicted octanol–water partition coefficient (Wildman–Crippen LogP) is 1.24. The maximum absolute atomic E-state index is 11.9. The van der Waals surface area contributed by atoms with E-state index in [2.05, 4.69) is 0 Å². The molecule has 2 rings (SSSR count). The summed E-state index contributed by atoms with van der Waals surface area (Å²) in [7, 11) is -3.94. The molecule has 1 aliphatic heterocycles. The fourth-order valence-electron chi connectivity index (χ4n) is 1.75. The molecule has 0 saturated heterocycles. The first-order valence-electron chi connectivity index (χ1n) is 5.25. The summed E-state index contributed by atoms with van der Waals surface area (Å²) in [6, 6.07) is 6.04. The number of hydrogen-bond donors (Lipinski definition) is 0. The summed E-state index contributed by atoms with van der Waals surface area (Å²) in [5, 5.41) is 0. The van der Waals surface area contributed by atoms with E-state index in [0.717, 1.165) is 0 Å². The van der Waals surface area contributed by atoms with Crippen molar-refractivity contribution in [3.63, 3.8) is 0 Å². The van der Waals surface area contributed by atoms with Crippen molar-refractivity contribution < 1.29 is 18.0 Å². The number of fused-ring (bicyclic) bond motifs is 1. The lowest BCUT2D eigenvalue weighted by Gasteiger charge is -2.13. The van der Waals surface area contributed by atoms with Gasteiger partial charge in [-0.1, -0.05) is 12.1 Å². The first kappa shape index (κ1) is 13.0. The number of sulfonamides is 1. The Balaban J connectivity index is 2.40. The molecule has 1 aliphatic rings. The zero-order chi connectivity index (χ0) is 13.3. The van der Waals surface area contributed by atoms with Crippen LogP contribution in [0.3, 0.4) is 0 Å². The van der Waals surface area contributed by atoms with Gasteiger partial charge in [-0.2, -0.15) is 4.31 Å². The van der Waals surface area contributed by atoms with Crippen molar-refractivity contribution in [3.05, 3.63) is 35.4 Å². The number of halogens is 1. The summed E-state index contributed by atoms with van der Waals surface area (Å²) in [4.78, 5) is 23.8. The minimum atomic E-state index is -3.94. The molecule has 0 saturated carbocycles. The van der Waals surface area contributed by atoms with Crippen LogP contribution >= 0.6 is 11.6 Å². The van der Waals surface area contributed by atoms with E-state index in [4.69, 9.17) is 11.6 Å². The van der Waals surface area contributed by atoms with Gasteiger partial charge in [0.25, 0.3) is 11.8 Å². The number of alkyl halides is 1. The topological polar surface area (TPSA) is 71.5 Å². The van der Waals surface area contributed by atoms with Crippen molar-refractivity contribution in [3.8, 4) is 0 Å². The number of carbonyl (C=O) groups excluding carboxylic acids is 2. The minimum absolute atomic E-state index is 0.122. The maximum Gasteiger partial charge on any atom is 0.275 e. The Bertz CT molecular complexity index is 576. The molecule has 0 aliphatic carbocycles. The molecule has 0 fully saturated rings. The first-order valence-corrected chi connectivity index (χ1v) is 7.40. The Morgan fingerprint density at radius 3 is 2.00 bits per heavy atom. The highest BCUT2D eigenvalue weighted by Gasteiger charge is 2.42. The molecule has 96 valence electrons. The van der Waals surface area contributed by atoms with E-state index in [-0.39, 0.29) is 29.2 Å². The van der Waals surface area contributed by atoms with E-state index in [9.17, 15) is 18.0 Å². The number of hydrogen-bond acceptors (Lipinski definition) is 4. The Morgan fingerprint density at radius 2 is 1.56 bits per heavy atom. The molecule has 1 heterocycles. The molecule has 5 nitrogen and oxygen atoms in total. The van der Waals surface area contributed by atoms with Crippen molar-refractivity contribution >= 4 is 33.4 Å². The lowest BCUT2D eigenvalue weighted by atomic mass is 10.1. The number of amides is 2. The summed E-state index contributed by atoms with van der Waals surface area (Å²) >= 11 is 5.42. The summed E-state index contributed by atoms with van der Waals surface area (Å²) in [6.45, 7) is 0. The van der Waals surface area contributed by atoms with E-state index in [1.165, 1.54) is 12.1 Å². The van der Waals surface area contributed by atoms with Gasteiger partial charge in [0.2, 0.25) is 10.0 Å². The molecular weight excluding hydrogens is 278 g/mol. The molecule has 0 atom stereocenters. The van der Waals surface area contributed by atoms with Crippen molar-refractivity contribution in [2.75, 3.05) is 11.6 Å². The van der Waals surface area contributed by atoms with E-state index in [1.807, 2.05) is 0 Å². The van der Waals surface area contributed by atoms with Gasteiger partial charge in [0, 0.05) is 5.88 Å². The Labute approximate surface area is 109 Å². The molecule has 1 aromatic carbocycles. The van der Waals surface area contributed by atoms with Gasteiger partial charge in [-0.25, -0.2) is 8.42 Å². The van der Waals surface area contributed by atoms with Crippen LogP contribution in [-0.4, -0.2) is 36.2 Å². The zero-order valence-corrected chi connectivity index (χ0v) is 10.9. The van der Waals surface area contributed by atoms with Crippen LogP contribution in [0, 0.1) is 0 Å². The van der Waals surface area contributed by atoms with Gasteiger partial charge in [-0.15, -0.1) is 11.6 Å². The molecule has 0 spiro atoms. The fraction of sp³-hybridized carbons (Fsp3) is 0.273. The zero-order valence-electron chi connectivity index (χ0n) is 9.30. The average Bonchev–Trinajstić information content (AvgIpc) is 2.61. The van der Waals surface area contributed by atoms with Crippen molar-refractivity contribution in [2.45, 2.75) is 6.42 Å². The maximum atomic E-state index is 11.9. The van der Waals surface area contributed by atoms with E-state index in [1.54, 1.807) is 12.1 Å². The average molecular weight is 288 g/mol.